The predicted octanol–water partition coefficient (Wildman–Crippen LogP) is 3.33. The van der Waals surface area contributed by atoms with Gasteiger partial charge in [-0.05, 0) is 29.7 Å². The molecule has 7 heteroatoms. The molecule has 0 spiro atoms. The van der Waals surface area contributed by atoms with Crippen molar-refractivity contribution in [2.24, 2.45) is 0 Å². The van der Waals surface area contributed by atoms with Crippen LogP contribution in [0, 0.1) is 0 Å². The molecule has 0 atom stereocenters. The quantitative estimate of drug-likeness (QED) is 0.760. The number of rotatable bonds is 4. The first-order valence-electron chi connectivity index (χ1n) is 6.95. The summed E-state index contributed by atoms with van der Waals surface area (Å²) < 4.78 is 11.8. The monoisotopic (exact) mass is 380 g/mol. The van der Waals surface area contributed by atoms with E-state index in [1.165, 1.54) is 25.1 Å². The standard InChI is InChI=1S/C16H17BrN2O4/c1-9(2)11-7-10(17)5-6-13(11)19-8-12(15(20)22-3)14(18-19)16(21)23-4/h5-9H,1-4H3. The second kappa shape index (κ2) is 6.95. The summed E-state index contributed by atoms with van der Waals surface area (Å²) in [6, 6.07) is 5.73. The Hall–Kier alpha value is -2.15. The third-order valence-corrected chi connectivity index (χ3v) is 3.85. The van der Waals surface area contributed by atoms with Gasteiger partial charge in [0.15, 0.2) is 5.69 Å². The Bertz CT molecular complexity index is 719. The Morgan fingerprint density at radius 2 is 1.83 bits per heavy atom. The minimum Gasteiger partial charge on any atom is -0.465 e. The number of methoxy groups -OCH3 is 2. The van der Waals surface area contributed by atoms with Crippen LogP contribution in [0.5, 0.6) is 0 Å². The predicted molar refractivity (Wildman–Crippen MR) is 88.0 cm³/mol. The van der Waals surface area contributed by atoms with E-state index in [4.69, 9.17) is 4.74 Å². The highest BCUT2D eigenvalue weighted by Crippen LogP contribution is 2.27. The van der Waals surface area contributed by atoms with Crippen molar-refractivity contribution in [3.8, 4) is 5.69 Å². The van der Waals surface area contributed by atoms with Crippen LogP contribution >= 0.6 is 15.9 Å². The Morgan fingerprint density at radius 1 is 1.17 bits per heavy atom. The van der Waals surface area contributed by atoms with E-state index < -0.39 is 11.9 Å². The van der Waals surface area contributed by atoms with Crippen LogP contribution in [-0.2, 0) is 9.47 Å². The summed E-state index contributed by atoms with van der Waals surface area (Å²) in [4.78, 5) is 23.7. The number of esters is 2. The molecule has 0 aliphatic rings. The van der Waals surface area contributed by atoms with E-state index in [2.05, 4.69) is 39.6 Å². The van der Waals surface area contributed by atoms with Gasteiger partial charge in [-0.1, -0.05) is 29.8 Å². The molecule has 0 aliphatic carbocycles. The lowest BCUT2D eigenvalue weighted by atomic mass is 10.0. The molecule has 0 saturated heterocycles. The fraction of sp³-hybridized carbons (Fsp3) is 0.312. The fourth-order valence-corrected chi connectivity index (χ4v) is 2.58. The zero-order valence-corrected chi connectivity index (χ0v) is 14.9. The summed E-state index contributed by atoms with van der Waals surface area (Å²) in [7, 11) is 2.49. The second-order valence-corrected chi connectivity index (χ2v) is 6.09. The molecule has 0 N–H and O–H groups in total. The highest BCUT2D eigenvalue weighted by Gasteiger charge is 2.24. The summed E-state index contributed by atoms with van der Waals surface area (Å²) in [6.07, 6.45) is 1.48. The van der Waals surface area contributed by atoms with E-state index >= 15 is 0 Å². The minimum atomic E-state index is -0.688. The largest absolute Gasteiger partial charge is 0.465 e. The highest BCUT2D eigenvalue weighted by molar-refractivity contribution is 9.10. The van der Waals surface area contributed by atoms with Gasteiger partial charge in [-0.2, -0.15) is 5.10 Å². The molecule has 0 bridgehead atoms. The minimum absolute atomic E-state index is 0.0666. The topological polar surface area (TPSA) is 70.4 Å². The van der Waals surface area contributed by atoms with Crippen molar-refractivity contribution in [2.75, 3.05) is 14.2 Å². The van der Waals surface area contributed by atoms with Gasteiger partial charge >= 0.3 is 11.9 Å². The number of aromatic nitrogens is 2. The van der Waals surface area contributed by atoms with E-state index in [9.17, 15) is 9.59 Å². The summed E-state index contributed by atoms with van der Waals surface area (Å²) in [5.74, 6) is -1.10. The summed E-state index contributed by atoms with van der Waals surface area (Å²) in [5.41, 5.74) is 1.80. The molecule has 0 saturated carbocycles. The second-order valence-electron chi connectivity index (χ2n) is 5.18. The maximum Gasteiger partial charge on any atom is 0.359 e. The van der Waals surface area contributed by atoms with E-state index in [0.29, 0.717) is 0 Å². The number of nitrogens with zero attached hydrogens (tertiary/aromatic N) is 2. The average molecular weight is 381 g/mol. The number of ether oxygens (including phenoxy) is 2. The van der Waals surface area contributed by atoms with Crippen LogP contribution in [0.25, 0.3) is 5.69 Å². The molecule has 0 radical (unpaired) electrons. The molecule has 0 amide bonds. The first kappa shape index (κ1) is 17.2. The van der Waals surface area contributed by atoms with E-state index in [1.54, 1.807) is 0 Å². The number of benzene rings is 1. The average Bonchev–Trinajstić information content (AvgIpc) is 2.98. The van der Waals surface area contributed by atoms with Gasteiger partial charge in [0.05, 0.1) is 19.9 Å². The third-order valence-electron chi connectivity index (χ3n) is 3.36. The molecular weight excluding hydrogens is 364 g/mol. The SMILES string of the molecule is COC(=O)c1cn(-c2ccc(Br)cc2C(C)C)nc1C(=O)OC. The molecule has 0 fully saturated rings. The lowest BCUT2D eigenvalue weighted by Crippen LogP contribution is -2.10. The zero-order chi connectivity index (χ0) is 17.1. The van der Waals surface area contributed by atoms with Crippen LogP contribution in [0.1, 0.15) is 46.2 Å². The van der Waals surface area contributed by atoms with Gasteiger partial charge in [-0.15, -0.1) is 0 Å². The number of halogens is 1. The highest BCUT2D eigenvalue weighted by atomic mass is 79.9. The molecule has 0 aliphatic heterocycles. The lowest BCUT2D eigenvalue weighted by Gasteiger charge is -2.13. The maximum atomic E-state index is 11.9. The zero-order valence-electron chi connectivity index (χ0n) is 13.3. The van der Waals surface area contributed by atoms with Crippen molar-refractivity contribution >= 4 is 27.9 Å². The van der Waals surface area contributed by atoms with Crippen molar-refractivity contribution in [2.45, 2.75) is 19.8 Å². The number of hydrogen-bond acceptors (Lipinski definition) is 5. The molecule has 1 aromatic carbocycles. The van der Waals surface area contributed by atoms with E-state index in [1.807, 2.05) is 18.2 Å². The first-order valence-corrected chi connectivity index (χ1v) is 7.74. The molecular formula is C16H17BrN2O4. The van der Waals surface area contributed by atoms with Crippen molar-refractivity contribution in [3.05, 3.63) is 45.7 Å². The smallest absolute Gasteiger partial charge is 0.359 e. The van der Waals surface area contributed by atoms with Gasteiger partial charge in [-0.25, -0.2) is 14.3 Å². The fourth-order valence-electron chi connectivity index (χ4n) is 2.20. The Morgan fingerprint density at radius 3 is 2.39 bits per heavy atom. The molecule has 122 valence electrons. The van der Waals surface area contributed by atoms with Crippen LogP contribution in [-0.4, -0.2) is 35.9 Å². The normalized spacial score (nSPS) is 10.7. The molecule has 0 unspecified atom stereocenters. The third kappa shape index (κ3) is 3.44. The first-order chi connectivity index (χ1) is 10.9. The van der Waals surface area contributed by atoms with Crippen molar-refractivity contribution in [1.82, 2.24) is 9.78 Å². The Balaban J connectivity index is 2.63. The molecule has 2 rings (SSSR count). The number of hydrogen-bond donors (Lipinski definition) is 0. The maximum absolute atomic E-state index is 11.9. The van der Waals surface area contributed by atoms with Crippen LogP contribution in [0.2, 0.25) is 0 Å². The van der Waals surface area contributed by atoms with Gasteiger partial charge in [0.2, 0.25) is 0 Å². The molecule has 23 heavy (non-hydrogen) atoms. The Kier molecular flexibility index (Phi) is 5.20. The van der Waals surface area contributed by atoms with E-state index in [-0.39, 0.29) is 17.2 Å². The summed E-state index contributed by atoms with van der Waals surface area (Å²) in [5, 5.41) is 4.22. The van der Waals surface area contributed by atoms with Gasteiger partial charge in [0.25, 0.3) is 0 Å². The molecule has 1 heterocycles. The lowest BCUT2D eigenvalue weighted by molar-refractivity contribution is 0.0552. The number of carbonyl (C=O) groups excluding carboxylic acids is 2. The molecule has 1 aromatic heterocycles. The number of carbonyl (C=O) groups is 2. The van der Waals surface area contributed by atoms with Gasteiger partial charge in [0, 0.05) is 10.7 Å². The van der Waals surface area contributed by atoms with Crippen molar-refractivity contribution < 1.29 is 19.1 Å². The van der Waals surface area contributed by atoms with Gasteiger partial charge < -0.3 is 9.47 Å². The van der Waals surface area contributed by atoms with Crippen LogP contribution < -0.4 is 0 Å². The van der Waals surface area contributed by atoms with E-state index in [0.717, 1.165) is 15.7 Å². The summed E-state index contributed by atoms with van der Waals surface area (Å²) in [6.45, 7) is 4.11. The van der Waals surface area contributed by atoms with Crippen molar-refractivity contribution in [3.63, 3.8) is 0 Å². The van der Waals surface area contributed by atoms with Crippen LogP contribution in [0.3, 0.4) is 0 Å². The van der Waals surface area contributed by atoms with Crippen molar-refractivity contribution in [1.29, 1.82) is 0 Å². The molecule has 2 aromatic rings. The van der Waals surface area contributed by atoms with Crippen LogP contribution in [0.15, 0.2) is 28.9 Å². The van der Waals surface area contributed by atoms with Gasteiger partial charge in [0.1, 0.15) is 5.56 Å². The molecule has 6 nitrogen and oxygen atoms in total. The Labute approximate surface area is 142 Å². The summed E-state index contributed by atoms with van der Waals surface area (Å²) >= 11 is 3.45. The van der Waals surface area contributed by atoms with Gasteiger partial charge in [-0.3, -0.25) is 0 Å². The van der Waals surface area contributed by atoms with Crippen LogP contribution in [0.4, 0.5) is 0 Å².